The number of H-pyrrole nitrogens is 1. The van der Waals surface area contributed by atoms with Gasteiger partial charge < -0.3 is 5.32 Å². The molecule has 1 heterocycles. The maximum absolute atomic E-state index is 12.5. The maximum atomic E-state index is 12.5. The zero-order chi connectivity index (χ0) is 22.4. The minimum absolute atomic E-state index is 0.160. The molecule has 0 bridgehead atoms. The Morgan fingerprint density at radius 1 is 1.19 bits per heavy atom. The van der Waals surface area contributed by atoms with Crippen LogP contribution in [-0.2, 0) is 21.2 Å². The number of aromatic amines is 1. The van der Waals surface area contributed by atoms with Gasteiger partial charge in [0.15, 0.2) is 0 Å². The molecule has 0 aliphatic heterocycles. The molecule has 170 valence electrons. The fourth-order valence-electron chi connectivity index (χ4n) is 3.63. The number of rotatable bonds is 10. The quantitative estimate of drug-likeness (QED) is 0.460. The number of carbonyl (C=O) groups is 1. The molecule has 0 radical (unpaired) electrons. The Balaban J connectivity index is 1.50. The molecule has 8 nitrogen and oxygen atoms in total. The van der Waals surface area contributed by atoms with Crippen molar-refractivity contribution in [2.45, 2.75) is 80.6 Å². The first-order valence-electron chi connectivity index (χ1n) is 10.7. The number of amides is 1. The van der Waals surface area contributed by atoms with E-state index < -0.39 is 15.3 Å². The van der Waals surface area contributed by atoms with Crippen molar-refractivity contribution >= 4 is 33.4 Å². The van der Waals surface area contributed by atoms with Crippen LogP contribution in [0.4, 0.5) is 5.69 Å². The van der Waals surface area contributed by atoms with Gasteiger partial charge in [0.1, 0.15) is 5.82 Å². The van der Waals surface area contributed by atoms with E-state index in [0.29, 0.717) is 10.8 Å². The molecule has 10 heteroatoms. The van der Waals surface area contributed by atoms with Crippen molar-refractivity contribution in [2.75, 3.05) is 5.32 Å². The monoisotopic (exact) mass is 465 g/mol. The van der Waals surface area contributed by atoms with Crippen LogP contribution in [-0.4, -0.2) is 40.8 Å². The topological polar surface area (TPSA) is 117 Å². The first-order valence-corrected chi connectivity index (χ1v) is 13.1. The van der Waals surface area contributed by atoms with Gasteiger partial charge in [0, 0.05) is 18.2 Å². The van der Waals surface area contributed by atoms with E-state index in [4.69, 9.17) is 0 Å². The predicted molar refractivity (Wildman–Crippen MR) is 123 cm³/mol. The standard InChI is InChI=1S/C21H31N5O3S2/c1-14(2)26-31(28,29)18-11-9-17(10-12-18)22-20(27)15(3)30-21-23-19(24-25-21)13-8-16-6-4-5-7-16/h9-12,14-16,26H,4-8,13H2,1-3H3,(H,22,27)(H,23,24,25). The number of hydrogen-bond acceptors (Lipinski definition) is 6. The van der Waals surface area contributed by atoms with Crippen molar-refractivity contribution in [1.29, 1.82) is 0 Å². The zero-order valence-corrected chi connectivity index (χ0v) is 19.9. The van der Waals surface area contributed by atoms with Crippen LogP contribution in [0.15, 0.2) is 34.3 Å². The van der Waals surface area contributed by atoms with E-state index in [1.165, 1.54) is 49.6 Å². The molecule has 1 aromatic carbocycles. The van der Waals surface area contributed by atoms with Gasteiger partial charge in [-0.05, 0) is 57.4 Å². The second-order valence-electron chi connectivity index (χ2n) is 8.30. The van der Waals surface area contributed by atoms with Crippen LogP contribution in [0, 0.1) is 5.92 Å². The molecule has 1 aliphatic rings. The zero-order valence-electron chi connectivity index (χ0n) is 18.2. The number of nitrogens with one attached hydrogen (secondary N) is 3. The Kier molecular flexibility index (Phi) is 8.12. The molecular weight excluding hydrogens is 434 g/mol. The number of aryl methyl sites for hydroxylation is 1. The van der Waals surface area contributed by atoms with Crippen LogP contribution in [0.1, 0.15) is 58.7 Å². The third-order valence-corrected chi connectivity index (χ3v) is 7.89. The van der Waals surface area contributed by atoms with Gasteiger partial charge in [0.25, 0.3) is 0 Å². The summed E-state index contributed by atoms with van der Waals surface area (Å²) >= 11 is 1.29. The summed E-state index contributed by atoms with van der Waals surface area (Å²) in [7, 11) is -3.56. The number of carbonyl (C=O) groups excluding carboxylic acids is 1. The van der Waals surface area contributed by atoms with Crippen molar-refractivity contribution in [3.8, 4) is 0 Å². The van der Waals surface area contributed by atoms with Gasteiger partial charge in [-0.25, -0.2) is 18.1 Å². The molecule has 1 fully saturated rings. The number of thioether (sulfide) groups is 1. The fourth-order valence-corrected chi connectivity index (χ4v) is 5.63. The molecule has 3 rings (SSSR count). The van der Waals surface area contributed by atoms with E-state index in [1.807, 2.05) is 0 Å². The summed E-state index contributed by atoms with van der Waals surface area (Å²) in [5.74, 6) is 1.47. The molecule has 2 aromatic rings. The molecule has 3 N–H and O–H groups in total. The molecule has 1 saturated carbocycles. The fraction of sp³-hybridized carbons (Fsp3) is 0.571. The summed E-state index contributed by atoms with van der Waals surface area (Å²) in [6, 6.07) is 5.92. The smallest absolute Gasteiger partial charge is 0.240 e. The Bertz CT molecular complexity index is 967. The van der Waals surface area contributed by atoms with Gasteiger partial charge in [-0.3, -0.25) is 9.89 Å². The number of nitrogens with zero attached hydrogens (tertiary/aromatic N) is 2. The molecule has 1 amide bonds. The van der Waals surface area contributed by atoms with Gasteiger partial charge in [-0.2, -0.15) is 0 Å². The highest BCUT2D eigenvalue weighted by atomic mass is 32.2. The number of hydrogen-bond donors (Lipinski definition) is 3. The van der Waals surface area contributed by atoms with Gasteiger partial charge in [-0.15, -0.1) is 5.10 Å². The highest BCUT2D eigenvalue weighted by Gasteiger charge is 2.20. The Hall–Kier alpha value is -1.91. The summed E-state index contributed by atoms with van der Waals surface area (Å²) in [5, 5.41) is 10.2. The summed E-state index contributed by atoms with van der Waals surface area (Å²) in [4.78, 5) is 17.2. The van der Waals surface area contributed by atoms with Gasteiger partial charge in [0.2, 0.25) is 21.1 Å². The minimum atomic E-state index is -3.56. The first kappa shape index (κ1) is 23.7. The Morgan fingerprint density at radius 3 is 2.52 bits per heavy atom. The van der Waals surface area contributed by atoms with Gasteiger partial charge in [-0.1, -0.05) is 37.4 Å². The average molecular weight is 466 g/mol. The Morgan fingerprint density at radius 2 is 1.87 bits per heavy atom. The summed E-state index contributed by atoms with van der Waals surface area (Å²) in [6.45, 7) is 5.32. The lowest BCUT2D eigenvalue weighted by Crippen LogP contribution is -2.30. The lowest BCUT2D eigenvalue weighted by Gasteiger charge is -2.12. The van der Waals surface area contributed by atoms with Crippen LogP contribution in [0.25, 0.3) is 0 Å². The summed E-state index contributed by atoms with van der Waals surface area (Å²) in [6.07, 6.45) is 7.32. The molecular formula is C21H31N5O3S2. The lowest BCUT2D eigenvalue weighted by molar-refractivity contribution is -0.115. The highest BCUT2D eigenvalue weighted by molar-refractivity contribution is 8.00. The molecule has 1 aromatic heterocycles. The highest BCUT2D eigenvalue weighted by Crippen LogP contribution is 2.28. The van der Waals surface area contributed by atoms with E-state index in [2.05, 4.69) is 25.2 Å². The van der Waals surface area contributed by atoms with Crippen molar-refractivity contribution < 1.29 is 13.2 Å². The third kappa shape index (κ3) is 7.05. The third-order valence-electron chi connectivity index (χ3n) is 5.25. The van der Waals surface area contributed by atoms with Gasteiger partial charge in [0.05, 0.1) is 10.1 Å². The average Bonchev–Trinajstić information content (AvgIpc) is 3.37. The van der Waals surface area contributed by atoms with Crippen molar-refractivity contribution in [3.63, 3.8) is 0 Å². The van der Waals surface area contributed by atoms with Crippen LogP contribution >= 0.6 is 11.8 Å². The molecule has 1 unspecified atom stereocenters. The Labute approximate surface area is 188 Å². The van der Waals surface area contributed by atoms with E-state index in [9.17, 15) is 13.2 Å². The second kappa shape index (κ2) is 10.6. The first-order chi connectivity index (χ1) is 14.7. The SMILES string of the molecule is CC(C)NS(=O)(=O)c1ccc(NC(=O)C(C)Sc2n[nH]c(CCC3CCCC3)n2)cc1. The number of anilines is 1. The van der Waals surface area contributed by atoms with Crippen molar-refractivity contribution in [2.24, 2.45) is 5.92 Å². The summed E-state index contributed by atoms with van der Waals surface area (Å²) < 4.78 is 26.9. The number of sulfonamides is 1. The lowest BCUT2D eigenvalue weighted by atomic mass is 10.0. The second-order valence-corrected chi connectivity index (χ2v) is 11.3. The van der Waals surface area contributed by atoms with E-state index in [1.54, 1.807) is 32.9 Å². The van der Waals surface area contributed by atoms with Crippen LogP contribution in [0.2, 0.25) is 0 Å². The predicted octanol–water partition coefficient (Wildman–Crippen LogP) is 3.73. The minimum Gasteiger partial charge on any atom is -0.325 e. The van der Waals surface area contributed by atoms with Crippen molar-refractivity contribution in [3.05, 3.63) is 30.1 Å². The normalized spacial score (nSPS) is 16.0. The van der Waals surface area contributed by atoms with Gasteiger partial charge >= 0.3 is 0 Å². The van der Waals surface area contributed by atoms with Crippen LogP contribution in [0.3, 0.4) is 0 Å². The van der Waals surface area contributed by atoms with Crippen LogP contribution < -0.4 is 10.0 Å². The van der Waals surface area contributed by atoms with E-state index >= 15 is 0 Å². The summed E-state index contributed by atoms with van der Waals surface area (Å²) in [5.41, 5.74) is 0.535. The largest absolute Gasteiger partial charge is 0.325 e. The van der Waals surface area contributed by atoms with E-state index in [-0.39, 0.29) is 16.8 Å². The molecule has 0 saturated heterocycles. The van der Waals surface area contributed by atoms with E-state index in [0.717, 1.165) is 24.6 Å². The van der Waals surface area contributed by atoms with Crippen LogP contribution in [0.5, 0.6) is 0 Å². The molecule has 1 atom stereocenters. The molecule has 1 aliphatic carbocycles. The number of benzene rings is 1. The molecule has 31 heavy (non-hydrogen) atoms. The molecule has 0 spiro atoms. The van der Waals surface area contributed by atoms with Crippen molar-refractivity contribution in [1.82, 2.24) is 19.9 Å². The number of aromatic nitrogens is 3. The maximum Gasteiger partial charge on any atom is 0.240 e.